The van der Waals surface area contributed by atoms with Gasteiger partial charge in [-0.15, -0.1) is 6.58 Å². The first kappa shape index (κ1) is 30.4. The van der Waals surface area contributed by atoms with Gasteiger partial charge in [0, 0.05) is 0 Å². The van der Waals surface area contributed by atoms with Crippen molar-refractivity contribution in [1.82, 2.24) is 0 Å². The number of carbonyl (C=O) groups is 1. The van der Waals surface area contributed by atoms with Crippen molar-refractivity contribution >= 4 is 5.97 Å². The monoisotopic (exact) mass is 512 g/mol. The molecule has 1 unspecified atom stereocenters. The minimum atomic E-state index is -0.976. The van der Waals surface area contributed by atoms with Crippen LogP contribution in [0.2, 0.25) is 0 Å². The molecule has 0 bridgehead atoms. The number of benzene rings is 2. The summed E-state index contributed by atoms with van der Waals surface area (Å²) in [5.41, 5.74) is 0.407. The Morgan fingerprint density at radius 3 is 2.03 bits per heavy atom. The molecule has 2 rings (SSSR count). The third kappa shape index (κ3) is 13.9. The van der Waals surface area contributed by atoms with E-state index in [1.807, 2.05) is 18.2 Å². The number of carbonyl (C=O) groups excluding carboxylic acids is 1. The summed E-state index contributed by atoms with van der Waals surface area (Å²) in [6.07, 6.45) is 15.4. The molecule has 0 saturated heterocycles. The highest BCUT2D eigenvalue weighted by atomic mass is 19.1. The maximum atomic E-state index is 14.0. The van der Waals surface area contributed by atoms with Crippen LogP contribution in [-0.4, -0.2) is 25.4 Å². The molecule has 0 radical (unpaired) electrons. The van der Waals surface area contributed by atoms with E-state index in [9.17, 15) is 9.18 Å². The Hall–Kier alpha value is -2.82. The van der Waals surface area contributed by atoms with E-state index < -0.39 is 12.1 Å². The van der Waals surface area contributed by atoms with E-state index in [0.717, 1.165) is 44.3 Å². The summed E-state index contributed by atoms with van der Waals surface area (Å²) in [6, 6.07) is 13.7. The van der Waals surface area contributed by atoms with Crippen LogP contribution in [-0.2, 0) is 0 Å². The lowest BCUT2D eigenvalue weighted by Gasteiger charge is -2.11. The molecule has 0 amide bonds. The van der Waals surface area contributed by atoms with Crippen LogP contribution in [0.25, 0.3) is 0 Å². The molecule has 0 saturated carbocycles. The molecular weight excluding hydrogens is 467 g/mol. The van der Waals surface area contributed by atoms with Crippen LogP contribution in [0.4, 0.5) is 4.39 Å². The van der Waals surface area contributed by atoms with Gasteiger partial charge in [-0.3, -0.25) is 0 Å². The Morgan fingerprint density at radius 1 is 0.784 bits per heavy atom. The second-order valence-electron chi connectivity index (χ2n) is 9.54. The molecule has 204 valence electrons. The first-order valence-corrected chi connectivity index (χ1v) is 14.0. The molecule has 5 heteroatoms. The maximum Gasteiger partial charge on any atom is 0.343 e. The average Bonchev–Trinajstić information content (AvgIpc) is 2.92. The van der Waals surface area contributed by atoms with E-state index in [2.05, 4.69) is 13.5 Å². The van der Waals surface area contributed by atoms with Gasteiger partial charge in [-0.25, -0.2) is 9.18 Å². The molecule has 4 nitrogen and oxygen atoms in total. The number of hydrogen-bond acceptors (Lipinski definition) is 4. The van der Waals surface area contributed by atoms with Crippen molar-refractivity contribution in [3.63, 3.8) is 0 Å². The van der Waals surface area contributed by atoms with Crippen LogP contribution in [0.3, 0.4) is 0 Å². The second-order valence-corrected chi connectivity index (χ2v) is 9.54. The number of alkyl halides is 1. The van der Waals surface area contributed by atoms with E-state index in [4.69, 9.17) is 14.2 Å². The zero-order chi connectivity index (χ0) is 26.6. The van der Waals surface area contributed by atoms with E-state index in [1.54, 1.807) is 36.4 Å². The third-order valence-corrected chi connectivity index (χ3v) is 6.25. The van der Waals surface area contributed by atoms with Crippen molar-refractivity contribution in [1.29, 1.82) is 0 Å². The zero-order valence-corrected chi connectivity index (χ0v) is 22.6. The van der Waals surface area contributed by atoms with Gasteiger partial charge in [0.15, 0.2) is 0 Å². The van der Waals surface area contributed by atoms with E-state index in [0.29, 0.717) is 30.1 Å². The third-order valence-electron chi connectivity index (χ3n) is 6.25. The molecule has 0 aliphatic carbocycles. The molecule has 0 aromatic heterocycles. The first-order chi connectivity index (χ1) is 18.1. The van der Waals surface area contributed by atoms with Gasteiger partial charge in [-0.2, -0.15) is 0 Å². The van der Waals surface area contributed by atoms with Gasteiger partial charge in [-0.1, -0.05) is 70.8 Å². The van der Waals surface area contributed by atoms with Crippen molar-refractivity contribution in [2.24, 2.45) is 0 Å². The van der Waals surface area contributed by atoms with Gasteiger partial charge < -0.3 is 14.2 Å². The summed E-state index contributed by atoms with van der Waals surface area (Å²) >= 11 is 0. The van der Waals surface area contributed by atoms with Crippen LogP contribution >= 0.6 is 0 Å². The number of rotatable bonds is 21. The summed E-state index contributed by atoms with van der Waals surface area (Å²) in [5.74, 6) is 1.31. The summed E-state index contributed by atoms with van der Waals surface area (Å²) in [6.45, 7) is 6.61. The smallest absolute Gasteiger partial charge is 0.343 e. The topological polar surface area (TPSA) is 44.8 Å². The van der Waals surface area contributed by atoms with Gasteiger partial charge in [-0.05, 0) is 74.2 Å². The summed E-state index contributed by atoms with van der Waals surface area (Å²) in [7, 11) is 0. The predicted octanol–water partition coefficient (Wildman–Crippen LogP) is 9.28. The number of unbranched alkanes of at least 4 members (excludes halogenated alkanes) is 10. The lowest BCUT2D eigenvalue weighted by atomic mass is 10.1. The fraction of sp³-hybridized carbons (Fsp3) is 0.531. The minimum absolute atomic E-state index is 0.0285. The number of esters is 1. The normalized spacial score (nSPS) is 11.6. The van der Waals surface area contributed by atoms with Crippen LogP contribution in [0.15, 0.2) is 61.2 Å². The van der Waals surface area contributed by atoms with Gasteiger partial charge in [0.1, 0.15) is 30.0 Å². The highest BCUT2D eigenvalue weighted by molar-refractivity contribution is 5.91. The first-order valence-electron chi connectivity index (χ1n) is 14.0. The molecule has 2 aromatic carbocycles. The molecule has 37 heavy (non-hydrogen) atoms. The van der Waals surface area contributed by atoms with Crippen molar-refractivity contribution < 1.29 is 23.4 Å². The Labute approximate surface area is 223 Å². The number of hydrogen-bond donors (Lipinski definition) is 0. The largest absolute Gasteiger partial charge is 0.494 e. The number of allylic oxidation sites excluding steroid dienone is 1. The Kier molecular flexibility index (Phi) is 15.9. The van der Waals surface area contributed by atoms with Gasteiger partial charge >= 0.3 is 5.97 Å². The lowest BCUT2D eigenvalue weighted by Crippen LogP contribution is -2.13. The Morgan fingerprint density at radius 2 is 1.35 bits per heavy atom. The van der Waals surface area contributed by atoms with Crippen molar-refractivity contribution in [2.45, 2.75) is 96.6 Å². The fourth-order valence-corrected chi connectivity index (χ4v) is 3.98. The molecule has 0 N–H and O–H groups in total. The maximum absolute atomic E-state index is 14.0. The fourth-order valence-electron chi connectivity index (χ4n) is 3.98. The number of halogens is 1. The Bertz CT molecular complexity index is 863. The highest BCUT2D eigenvalue weighted by Gasteiger charge is 2.11. The zero-order valence-electron chi connectivity index (χ0n) is 22.6. The highest BCUT2D eigenvalue weighted by Crippen LogP contribution is 2.21. The van der Waals surface area contributed by atoms with Crippen molar-refractivity contribution in [3.05, 3.63) is 66.7 Å². The van der Waals surface area contributed by atoms with Gasteiger partial charge in [0.05, 0.1) is 12.2 Å². The molecule has 0 aliphatic rings. The molecule has 0 spiro atoms. The van der Waals surface area contributed by atoms with Crippen LogP contribution in [0, 0.1) is 0 Å². The molecular formula is C32H45FO4. The van der Waals surface area contributed by atoms with Crippen LogP contribution in [0.5, 0.6) is 17.2 Å². The van der Waals surface area contributed by atoms with E-state index in [-0.39, 0.29) is 6.61 Å². The molecule has 1 atom stereocenters. The molecule has 0 fully saturated rings. The summed E-state index contributed by atoms with van der Waals surface area (Å²) < 4.78 is 30.7. The second kappa shape index (κ2) is 19.3. The van der Waals surface area contributed by atoms with Crippen molar-refractivity contribution in [3.8, 4) is 17.2 Å². The van der Waals surface area contributed by atoms with E-state index >= 15 is 0 Å². The summed E-state index contributed by atoms with van der Waals surface area (Å²) in [4.78, 5) is 12.5. The Balaban J connectivity index is 1.62. The van der Waals surface area contributed by atoms with Crippen molar-refractivity contribution in [2.75, 3.05) is 13.2 Å². The number of ether oxygens (including phenoxy) is 3. The molecule has 0 aliphatic heterocycles. The predicted molar refractivity (Wildman–Crippen MR) is 150 cm³/mol. The standard InChI is InChI=1S/C32H45FO4/c1-3-5-7-9-10-11-12-13-15-25-35-29-21-23-31(24-22-29)37-32(34)27-17-19-30(20-18-27)36-26-28(33)16-14-8-6-4-2/h3,17-24,28H,1,4-16,25-26H2,2H3. The molecule has 0 heterocycles. The average molecular weight is 513 g/mol. The minimum Gasteiger partial charge on any atom is -0.494 e. The van der Waals surface area contributed by atoms with Crippen LogP contribution in [0.1, 0.15) is 101 Å². The van der Waals surface area contributed by atoms with E-state index in [1.165, 1.54) is 38.5 Å². The molecule has 2 aromatic rings. The summed E-state index contributed by atoms with van der Waals surface area (Å²) in [5, 5.41) is 0. The van der Waals surface area contributed by atoms with Gasteiger partial charge in [0.2, 0.25) is 0 Å². The van der Waals surface area contributed by atoms with Gasteiger partial charge in [0.25, 0.3) is 0 Å². The van der Waals surface area contributed by atoms with Crippen LogP contribution < -0.4 is 14.2 Å². The SMILES string of the molecule is C=CCCCCCCCCCOc1ccc(OC(=O)c2ccc(OCC(F)CCCCCC)cc2)cc1. The lowest BCUT2D eigenvalue weighted by molar-refractivity contribution is 0.0734. The quantitative estimate of drug-likeness (QED) is 0.0723.